The van der Waals surface area contributed by atoms with Crippen LogP contribution in [0.2, 0.25) is 0 Å². The Morgan fingerprint density at radius 3 is 2.58 bits per heavy atom. The Labute approximate surface area is 107 Å². The van der Waals surface area contributed by atoms with Gasteiger partial charge >= 0.3 is 6.36 Å². The van der Waals surface area contributed by atoms with Crippen molar-refractivity contribution in [2.75, 3.05) is 5.32 Å². The van der Waals surface area contributed by atoms with Crippen molar-refractivity contribution in [2.45, 2.75) is 13.3 Å². The Morgan fingerprint density at radius 2 is 2.05 bits per heavy atom. The highest BCUT2D eigenvalue weighted by molar-refractivity contribution is 6.07. The summed E-state index contributed by atoms with van der Waals surface area (Å²) in [4.78, 5) is 11.6. The smallest absolute Gasteiger partial charge is 0.404 e. The number of nitrogens with zero attached hydrogens (tertiary/aromatic N) is 1. The first-order valence-electron chi connectivity index (χ1n) is 5.10. The van der Waals surface area contributed by atoms with E-state index < -0.39 is 18.0 Å². The van der Waals surface area contributed by atoms with Crippen molar-refractivity contribution in [3.05, 3.63) is 35.9 Å². The predicted octanol–water partition coefficient (Wildman–Crippen LogP) is 2.99. The molecule has 1 aromatic rings. The van der Waals surface area contributed by atoms with E-state index in [1.54, 1.807) is 6.07 Å². The summed E-state index contributed by atoms with van der Waals surface area (Å²) in [5.74, 6) is -1.35. The SMILES string of the molecule is C/C=C(\C#N)C(=O)Nc1ccccc1OC(F)(F)F. The summed E-state index contributed by atoms with van der Waals surface area (Å²) in [7, 11) is 0. The van der Waals surface area contributed by atoms with Crippen molar-refractivity contribution in [1.82, 2.24) is 0 Å². The van der Waals surface area contributed by atoms with Crippen LogP contribution >= 0.6 is 0 Å². The first-order valence-corrected chi connectivity index (χ1v) is 5.10. The molecular formula is C12H9F3N2O2. The third kappa shape index (κ3) is 4.35. The fraction of sp³-hybridized carbons (Fsp3) is 0.167. The van der Waals surface area contributed by atoms with Crippen LogP contribution in [-0.4, -0.2) is 12.3 Å². The van der Waals surface area contributed by atoms with Gasteiger partial charge < -0.3 is 10.1 Å². The number of anilines is 1. The van der Waals surface area contributed by atoms with Crippen molar-refractivity contribution >= 4 is 11.6 Å². The summed E-state index contributed by atoms with van der Waals surface area (Å²) >= 11 is 0. The van der Waals surface area contributed by atoms with Gasteiger partial charge in [-0.25, -0.2) is 0 Å². The summed E-state index contributed by atoms with van der Waals surface area (Å²) in [6.45, 7) is 1.47. The molecule has 0 aliphatic rings. The lowest BCUT2D eigenvalue weighted by molar-refractivity contribution is -0.274. The average molecular weight is 270 g/mol. The molecule has 0 heterocycles. The van der Waals surface area contributed by atoms with Gasteiger partial charge in [0.1, 0.15) is 11.6 Å². The number of para-hydroxylation sites is 2. The van der Waals surface area contributed by atoms with E-state index in [4.69, 9.17) is 5.26 Å². The van der Waals surface area contributed by atoms with Crippen LogP contribution in [0.25, 0.3) is 0 Å². The van der Waals surface area contributed by atoms with Gasteiger partial charge in [-0.05, 0) is 19.1 Å². The lowest BCUT2D eigenvalue weighted by Crippen LogP contribution is -2.20. The van der Waals surface area contributed by atoms with E-state index in [0.29, 0.717) is 0 Å². The molecule has 0 fully saturated rings. The zero-order valence-corrected chi connectivity index (χ0v) is 9.78. The fourth-order valence-electron chi connectivity index (χ4n) is 1.22. The zero-order chi connectivity index (χ0) is 14.5. The van der Waals surface area contributed by atoms with Crippen LogP contribution in [0.15, 0.2) is 35.9 Å². The molecule has 100 valence electrons. The van der Waals surface area contributed by atoms with E-state index in [-0.39, 0.29) is 11.3 Å². The van der Waals surface area contributed by atoms with E-state index in [1.165, 1.54) is 31.2 Å². The molecule has 0 aromatic heterocycles. The summed E-state index contributed by atoms with van der Waals surface area (Å²) in [6.07, 6.45) is -3.61. The maximum atomic E-state index is 12.2. The maximum absolute atomic E-state index is 12.2. The number of carbonyl (C=O) groups excluding carboxylic acids is 1. The number of allylic oxidation sites excluding steroid dienone is 1. The Hall–Kier alpha value is -2.49. The molecule has 0 aliphatic carbocycles. The normalized spacial score (nSPS) is 11.6. The Balaban J connectivity index is 2.97. The van der Waals surface area contributed by atoms with Gasteiger partial charge in [-0.2, -0.15) is 5.26 Å². The van der Waals surface area contributed by atoms with Crippen molar-refractivity contribution in [2.24, 2.45) is 0 Å². The van der Waals surface area contributed by atoms with Gasteiger partial charge in [0.25, 0.3) is 5.91 Å². The molecule has 0 unspecified atom stereocenters. The van der Waals surface area contributed by atoms with Gasteiger partial charge in [0.2, 0.25) is 0 Å². The van der Waals surface area contributed by atoms with Crippen molar-refractivity contribution < 1.29 is 22.7 Å². The summed E-state index contributed by atoms with van der Waals surface area (Å²) in [6, 6.07) is 6.69. The molecule has 1 amide bonds. The summed E-state index contributed by atoms with van der Waals surface area (Å²) < 4.78 is 40.2. The molecule has 0 aliphatic heterocycles. The van der Waals surface area contributed by atoms with Crippen molar-refractivity contribution in [3.8, 4) is 11.8 Å². The Morgan fingerprint density at radius 1 is 1.42 bits per heavy atom. The molecule has 4 nitrogen and oxygen atoms in total. The highest BCUT2D eigenvalue weighted by atomic mass is 19.4. The molecular weight excluding hydrogens is 261 g/mol. The predicted molar refractivity (Wildman–Crippen MR) is 61.1 cm³/mol. The van der Waals surface area contributed by atoms with Gasteiger partial charge in [0.15, 0.2) is 5.75 Å². The number of alkyl halides is 3. The van der Waals surface area contributed by atoms with Gasteiger partial charge in [0, 0.05) is 0 Å². The number of hydrogen-bond donors (Lipinski definition) is 1. The molecule has 1 N–H and O–H groups in total. The molecule has 0 atom stereocenters. The third-order valence-electron chi connectivity index (χ3n) is 2.01. The number of rotatable bonds is 3. The number of nitriles is 1. The summed E-state index contributed by atoms with van der Waals surface area (Å²) in [5.41, 5.74) is -0.374. The number of carbonyl (C=O) groups is 1. The molecule has 1 rings (SSSR count). The first kappa shape index (κ1) is 14.6. The zero-order valence-electron chi connectivity index (χ0n) is 9.78. The molecule has 0 saturated carbocycles. The van der Waals surface area contributed by atoms with Crippen LogP contribution in [0.3, 0.4) is 0 Å². The number of amides is 1. The fourth-order valence-corrected chi connectivity index (χ4v) is 1.22. The van der Waals surface area contributed by atoms with E-state index in [9.17, 15) is 18.0 Å². The highest BCUT2D eigenvalue weighted by Gasteiger charge is 2.32. The lowest BCUT2D eigenvalue weighted by Gasteiger charge is -2.13. The molecule has 7 heteroatoms. The molecule has 0 bridgehead atoms. The van der Waals surface area contributed by atoms with E-state index >= 15 is 0 Å². The Bertz CT molecular complexity index is 545. The minimum atomic E-state index is -4.86. The average Bonchev–Trinajstić information content (AvgIpc) is 2.31. The Kier molecular flexibility index (Phi) is 4.53. The van der Waals surface area contributed by atoms with Crippen LogP contribution < -0.4 is 10.1 Å². The van der Waals surface area contributed by atoms with Gasteiger partial charge in [0.05, 0.1) is 5.69 Å². The largest absolute Gasteiger partial charge is 0.573 e. The number of hydrogen-bond acceptors (Lipinski definition) is 3. The number of ether oxygens (including phenoxy) is 1. The quantitative estimate of drug-likeness (QED) is 0.678. The molecule has 1 aromatic carbocycles. The number of benzene rings is 1. The minimum absolute atomic E-state index is 0.167. The van der Waals surface area contributed by atoms with Crippen LogP contribution in [-0.2, 0) is 4.79 Å². The lowest BCUT2D eigenvalue weighted by atomic mass is 10.2. The minimum Gasteiger partial charge on any atom is -0.404 e. The van der Waals surface area contributed by atoms with Crippen LogP contribution in [0.4, 0.5) is 18.9 Å². The van der Waals surface area contributed by atoms with Gasteiger partial charge in [-0.3, -0.25) is 4.79 Å². The molecule has 0 spiro atoms. The summed E-state index contributed by atoms with van der Waals surface area (Å²) in [5, 5.41) is 10.8. The third-order valence-corrected chi connectivity index (χ3v) is 2.01. The molecule has 0 saturated heterocycles. The van der Waals surface area contributed by atoms with Gasteiger partial charge in [-0.1, -0.05) is 18.2 Å². The van der Waals surface area contributed by atoms with Crippen LogP contribution in [0.5, 0.6) is 5.75 Å². The molecule has 0 radical (unpaired) electrons. The standard InChI is InChI=1S/C12H9F3N2O2/c1-2-8(7-16)11(18)17-9-5-3-4-6-10(9)19-12(13,14)15/h2-6H,1H3,(H,17,18)/b8-2+. The second-order valence-corrected chi connectivity index (χ2v) is 3.31. The number of halogens is 3. The topological polar surface area (TPSA) is 62.1 Å². The first-order chi connectivity index (χ1) is 8.87. The van der Waals surface area contributed by atoms with Gasteiger partial charge in [-0.15, -0.1) is 13.2 Å². The van der Waals surface area contributed by atoms with E-state index in [1.807, 2.05) is 0 Å². The monoisotopic (exact) mass is 270 g/mol. The van der Waals surface area contributed by atoms with Crippen molar-refractivity contribution in [3.63, 3.8) is 0 Å². The van der Waals surface area contributed by atoms with Crippen LogP contribution in [0, 0.1) is 11.3 Å². The van der Waals surface area contributed by atoms with E-state index in [2.05, 4.69) is 10.1 Å². The second-order valence-electron chi connectivity index (χ2n) is 3.31. The highest BCUT2D eigenvalue weighted by Crippen LogP contribution is 2.30. The number of nitrogens with one attached hydrogen (secondary N) is 1. The molecule has 19 heavy (non-hydrogen) atoms. The van der Waals surface area contributed by atoms with E-state index in [0.717, 1.165) is 6.07 Å². The van der Waals surface area contributed by atoms with Crippen LogP contribution in [0.1, 0.15) is 6.92 Å². The maximum Gasteiger partial charge on any atom is 0.573 e. The second kappa shape index (κ2) is 5.91. The van der Waals surface area contributed by atoms with Crippen molar-refractivity contribution in [1.29, 1.82) is 5.26 Å².